The molecule has 1 atom stereocenters. The van der Waals surface area contributed by atoms with Crippen LogP contribution in [0.3, 0.4) is 0 Å². The molecule has 0 fully saturated rings. The molecule has 0 radical (unpaired) electrons. The summed E-state index contributed by atoms with van der Waals surface area (Å²) in [4.78, 5) is 10.6. The molecule has 0 aliphatic heterocycles. The van der Waals surface area contributed by atoms with Crippen molar-refractivity contribution in [2.24, 2.45) is 0 Å². The Hall–Kier alpha value is -0.610. The van der Waals surface area contributed by atoms with E-state index in [0.29, 0.717) is 0 Å². The van der Waals surface area contributed by atoms with Crippen LogP contribution in [0.2, 0.25) is 0 Å². The lowest BCUT2D eigenvalue weighted by molar-refractivity contribution is -0.143. The Morgan fingerprint density at radius 3 is 2.50 bits per heavy atom. The molecule has 4 nitrogen and oxygen atoms in total. The van der Waals surface area contributed by atoms with E-state index in [1.54, 1.807) is 7.05 Å². The lowest BCUT2D eigenvalue weighted by Crippen LogP contribution is -2.30. The van der Waals surface area contributed by atoms with Gasteiger partial charge in [0.2, 0.25) is 0 Å². The average molecular weight is 147 g/mol. The van der Waals surface area contributed by atoms with E-state index < -0.39 is 0 Å². The van der Waals surface area contributed by atoms with Gasteiger partial charge in [0.25, 0.3) is 0 Å². The van der Waals surface area contributed by atoms with Crippen LogP contribution in [-0.4, -0.2) is 33.5 Å². The summed E-state index contributed by atoms with van der Waals surface area (Å²) in [5, 5.41) is 2.79. The van der Waals surface area contributed by atoms with Crippen LogP contribution in [-0.2, 0) is 14.3 Å². The third-order valence-electron chi connectivity index (χ3n) is 1.19. The summed E-state index contributed by atoms with van der Waals surface area (Å²) in [5.41, 5.74) is 0. The molecule has 0 aliphatic rings. The molecule has 1 unspecified atom stereocenters. The van der Waals surface area contributed by atoms with E-state index in [1.807, 2.05) is 0 Å². The van der Waals surface area contributed by atoms with Crippen LogP contribution in [0, 0.1) is 0 Å². The summed E-state index contributed by atoms with van der Waals surface area (Å²) < 4.78 is 9.29. The van der Waals surface area contributed by atoms with Crippen molar-refractivity contribution in [3.63, 3.8) is 0 Å². The molecule has 0 aromatic carbocycles. The highest BCUT2D eigenvalue weighted by atomic mass is 16.5. The Kier molecular flexibility index (Phi) is 4.88. The Morgan fingerprint density at radius 1 is 1.60 bits per heavy atom. The van der Waals surface area contributed by atoms with Crippen LogP contribution in [0.15, 0.2) is 0 Å². The number of hydrogen-bond donors (Lipinski definition) is 1. The fourth-order valence-electron chi connectivity index (χ4n) is 0.538. The van der Waals surface area contributed by atoms with Gasteiger partial charge >= 0.3 is 5.97 Å². The predicted molar refractivity (Wildman–Crippen MR) is 36.5 cm³/mol. The van der Waals surface area contributed by atoms with Crippen molar-refractivity contribution in [1.82, 2.24) is 5.32 Å². The second-order valence-corrected chi connectivity index (χ2v) is 1.79. The lowest BCUT2D eigenvalue weighted by atomic mass is 10.4. The van der Waals surface area contributed by atoms with E-state index in [0.717, 1.165) is 0 Å². The topological polar surface area (TPSA) is 47.6 Å². The van der Waals surface area contributed by atoms with Crippen LogP contribution < -0.4 is 5.32 Å². The van der Waals surface area contributed by atoms with Gasteiger partial charge in [0, 0.05) is 7.11 Å². The fourth-order valence-corrected chi connectivity index (χ4v) is 0.538. The second-order valence-electron chi connectivity index (χ2n) is 1.79. The van der Waals surface area contributed by atoms with Gasteiger partial charge in [-0.05, 0) is 7.05 Å². The summed E-state index contributed by atoms with van der Waals surface area (Å²) in [6.45, 7) is 0. The number of esters is 1. The van der Waals surface area contributed by atoms with Gasteiger partial charge in [0.1, 0.15) is 6.23 Å². The summed E-state index contributed by atoms with van der Waals surface area (Å²) >= 11 is 0. The van der Waals surface area contributed by atoms with Crippen LogP contribution in [0.5, 0.6) is 0 Å². The average Bonchev–Trinajstić information content (AvgIpc) is 1.99. The smallest absolute Gasteiger partial charge is 0.309 e. The van der Waals surface area contributed by atoms with Crippen LogP contribution >= 0.6 is 0 Å². The molecule has 0 spiro atoms. The molecule has 4 heteroatoms. The molecule has 1 N–H and O–H groups in total. The number of carbonyl (C=O) groups excluding carboxylic acids is 1. The molecular weight excluding hydrogens is 134 g/mol. The van der Waals surface area contributed by atoms with E-state index >= 15 is 0 Å². The maximum atomic E-state index is 10.6. The highest BCUT2D eigenvalue weighted by Gasteiger charge is 2.09. The van der Waals surface area contributed by atoms with Crippen molar-refractivity contribution >= 4 is 5.97 Å². The van der Waals surface area contributed by atoms with E-state index in [4.69, 9.17) is 4.74 Å². The first kappa shape index (κ1) is 9.39. The van der Waals surface area contributed by atoms with Gasteiger partial charge in [-0.2, -0.15) is 0 Å². The normalized spacial score (nSPS) is 12.7. The number of ether oxygens (including phenoxy) is 2. The molecule has 0 amide bonds. The number of methoxy groups -OCH3 is 2. The van der Waals surface area contributed by atoms with Gasteiger partial charge < -0.3 is 9.47 Å². The molecule has 0 aliphatic carbocycles. The zero-order valence-corrected chi connectivity index (χ0v) is 6.51. The molecule has 0 saturated carbocycles. The SMILES string of the molecule is CNC(CC(=O)OC)OC. The molecule has 0 aromatic rings. The number of nitrogens with one attached hydrogen (secondary N) is 1. The van der Waals surface area contributed by atoms with Crippen molar-refractivity contribution in [2.75, 3.05) is 21.3 Å². The Labute approximate surface area is 60.5 Å². The van der Waals surface area contributed by atoms with E-state index in [2.05, 4.69) is 10.1 Å². The minimum atomic E-state index is -0.277. The molecule has 0 saturated heterocycles. The Bertz CT molecular complexity index is 101. The standard InChI is InChI=1S/C6H13NO3/c1-7-5(9-2)4-6(8)10-3/h5,7H,4H2,1-3H3. The summed E-state index contributed by atoms with van der Waals surface area (Å²) in [6.07, 6.45) is -0.00352. The predicted octanol–water partition coefficient (Wildman–Crippen LogP) is -0.259. The maximum absolute atomic E-state index is 10.6. The van der Waals surface area contributed by atoms with Crippen LogP contribution in [0.1, 0.15) is 6.42 Å². The summed E-state index contributed by atoms with van der Waals surface area (Å²) in [7, 11) is 4.60. The van der Waals surface area contributed by atoms with Crippen molar-refractivity contribution < 1.29 is 14.3 Å². The second kappa shape index (κ2) is 5.20. The summed E-state index contributed by atoms with van der Waals surface area (Å²) in [6, 6.07) is 0. The molecular formula is C6H13NO3. The molecule has 0 bridgehead atoms. The van der Waals surface area contributed by atoms with Gasteiger partial charge in [-0.1, -0.05) is 0 Å². The third-order valence-corrected chi connectivity index (χ3v) is 1.19. The maximum Gasteiger partial charge on any atom is 0.309 e. The Balaban J connectivity index is 3.52. The third kappa shape index (κ3) is 3.42. The zero-order valence-electron chi connectivity index (χ0n) is 6.51. The van der Waals surface area contributed by atoms with Crippen molar-refractivity contribution in [1.29, 1.82) is 0 Å². The quantitative estimate of drug-likeness (QED) is 0.439. The van der Waals surface area contributed by atoms with Crippen molar-refractivity contribution in [2.45, 2.75) is 12.6 Å². The monoisotopic (exact) mass is 147 g/mol. The van der Waals surface area contributed by atoms with Crippen LogP contribution in [0.25, 0.3) is 0 Å². The number of hydrogen-bond acceptors (Lipinski definition) is 4. The first-order valence-corrected chi connectivity index (χ1v) is 3.01. The van der Waals surface area contributed by atoms with Crippen LogP contribution in [0.4, 0.5) is 0 Å². The van der Waals surface area contributed by atoms with E-state index in [1.165, 1.54) is 14.2 Å². The first-order valence-electron chi connectivity index (χ1n) is 3.01. The highest BCUT2D eigenvalue weighted by molar-refractivity contribution is 5.69. The van der Waals surface area contributed by atoms with Crippen molar-refractivity contribution in [3.05, 3.63) is 0 Å². The van der Waals surface area contributed by atoms with Gasteiger partial charge in [0.15, 0.2) is 0 Å². The van der Waals surface area contributed by atoms with Gasteiger partial charge in [-0.3, -0.25) is 10.1 Å². The molecule has 60 valence electrons. The fraction of sp³-hybridized carbons (Fsp3) is 0.833. The Morgan fingerprint density at radius 2 is 2.20 bits per heavy atom. The van der Waals surface area contributed by atoms with Crippen molar-refractivity contribution in [3.8, 4) is 0 Å². The van der Waals surface area contributed by atoms with E-state index in [9.17, 15) is 4.79 Å². The largest absolute Gasteiger partial charge is 0.469 e. The van der Waals surface area contributed by atoms with E-state index in [-0.39, 0.29) is 18.6 Å². The van der Waals surface area contributed by atoms with Gasteiger partial charge in [0.05, 0.1) is 13.5 Å². The minimum absolute atomic E-state index is 0.240. The van der Waals surface area contributed by atoms with Gasteiger partial charge in [-0.25, -0.2) is 0 Å². The minimum Gasteiger partial charge on any atom is -0.469 e. The molecule has 0 heterocycles. The van der Waals surface area contributed by atoms with Gasteiger partial charge in [-0.15, -0.1) is 0 Å². The molecule has 10 heavy (non-hydrogen) atoms. The zero-order chi connectivity index (χ0) is 7.98. The first-order chi connectivity index (χ1) is 4.74. The summed E-state index contributed by atoms with van der Waals surface area (Å²) in [5.74, 6) is -0.277. The molecule has 0 rings (SSSR count). The molecule has 0 aromatic heterocycles. The number of carbonyl (C=O) groups is 1. The highest BCUT2D eigenvalue weighted by Crippen LogP contribution is 1.92. The number of rotatable bonds is 4. The lowest BCUT2D eigenvalue weighted by Gasteiger charge is -2.11.